The number of benzene rings is 1. The van der Waals surface area contributed by atoms with Crippen molar-refractivity contribution in [3.8, 4) is 0 Å². The topological polar surface area (TPSA) is 56.8 Å². The lowest BCUT2D eigenvalue weighted by atomic mass is 9.74. The summed E-state index contributed by atoms with van der Waals surface area (Å²) < 4.78 is 0. The maximum Gasteiger partial charge on any atom is 0.230 e. The predicted molar refractivity (Wildman–Crippen MR) is 122 cm³/mol. The zero-order valence-electron chi connectivity index (χ0n) is 18.8. The van der Waals surface area contributed by atoms with Crippen LogP contribution in [0, 0.1) is 18.3 Å². The summed E-state index contributed by atoms with van der Waals surface area (Å²) in [7, 11) is 3.67. The Morgan fingerprint density at radius 2 is 1.90 bits per heavy atom. The molecule has 2 atom stereocenters. The molecule has 0 aliphatic carbocycles. The van der Waals surface area contributed by atoms with Gasteiger partial charge in [0.25, 0.3) is 0 Å². The molecule has 1 aromatic carbocycles. The molecule has 0 spiro atoms. The molecule has 2 aliphatic rings. The van der Waals surface area contributed by atoms with Crippen molar-refractivity contribution in [3.05, 3.63) is 59.8 Å². The summed E-state index contributed by atoms with van der Waals surface area (Å²) in [5.74, 6) is 1.31. The third-order valence-electron chi connectivity index (χ3n) is 6.82. The lowest BCUT2D eigenvalue weighted by Gasteiger charge is -2.34. The zero-order valence-corrected chi connectivity index (χ0v) is 18.8. The number of rotatable bonds is 4. The second kappa shape index (κ2) is 8.69. The summed E-state index contributed by atoms with van der Waals surface area (Å²) in [6.45, 7) is 4.78. The van der Waals surface area contributed by atoms with Gasteiger partial charge in [-0.15, -0.1) is 0 Å². The monoisotopic (exact) mass is 420 g/mol. The molecule has 2 aliphatic heterocycles. The van der Waals surface area contributed by atoms with Crippen LogP contribution >= 0.6 is 0 Å². The highest BCUT2D eigenvalue weighted by Crippen LogP contribution is 2.45. The Kier molecular flexibility index (Phi) is 5.99. The standard InChI is InChI=1S/C25H32N4O2/c1-19-8-10-20(11-9-19)15-23(30)28-14-6-12-25(24(31)27(2)3)18-29(17-21(25)16-28)22-7-4-5-13-26-22/h4-5,7-11,13,21H,6,12,14-18H2,1-3H3/t21-,25-/m0/s1. The van der Waals surface area contributed by atoms with Crippen molar-refractivity contribution in [1.29, 1.82) is 0 Å². The highest BCUT2D eigenvalue weighted by atomic mass is 16.2. The number of aryl methyl sites for hydroxylation is 1. The minimum atomic E-state index is -0.472. The number of aromatic nitrogens is 1. The molecule has 1 aromatic heterocycles. The molecule has 2 amide bonds. The number of carbonyl (C=O) groups excluding carboxylic acids is 2. The molecule has 2 fully saturated rings. The first-order chi connectivity index (χ1) is 14.9. The van der Waals surface area contributed by atoms with Crippen molar-refractivity contribution in [2.75, 3.05) is 45.2 Å². The van der Waals surface area contributed by atoms with Crippen molar-refractivity contribution in [1.82, 2.24) is 14.8 Å². The van der Waals surface area contributed by atoms with E-state index in [1.54, 1.807) is 11.1 Å². The van der Waals surface area contributed by atoms with Crippen molar-refractivity contribution in [2.24, 2.45) is 11.3 Å². The molecule has 0 N–H and O–H groups in total. The third kappa shape index (κ3) is 4.29. The maximum atomic E-state index is 13.4. The van der Waals surface area contributed by atoms with Crippen LogP contribution in [0.3, 0.4) is 0 Å². The van der Waals surface area contributed by atoms with E-state index in [-0.39, 0.29) is 17.7 Å². The number of pyridine rings is 1. The van der Waals surface area contributed by atoms with Crippen LogP contribution in [0.15, 0.2) is 48.7 Å². The van der Waals surface area contributed by atoms with Gasteiger partial charge in [-0.2, -0.15) is 0 Å². The quantitative estimate of drug-likeness (QED) is 0.763. The number of nitrogens with zero attached hydrogens (tertiary/aromatic N) is 4. The van der Waals surface area contributed by atoms with Gasteiger partial charge in [-0.05, 0) is 37.5 Å². The number of amides is 2. The first kappa shape index (κ1) is 21.3. The van der Waals surface area contributed by atoms with Gasteiger partial charge >= 0.3 is 0 Å². The third-order valence-corrected chi connectivity index (χ3v) is 6.82. The Bertz CT molecular complexity index is 928. The first-order valence-corrected chi connectivity index (χ1v) is 11.1. The van der Waals surface area contributed by atoms with Crippen molar-refractivity contribution in [3.63, 3.8) is 0 Å². The van der Waals surface area contributed by atoms with E-state index in [0.717, 1.165) is 30.8 Å². The smallest absolute Gasteiger partial charge is 0.230 e. The molecule has 6 heteroatoms. The Morgan fingerprint density at radius 3 is 2.58 bits per heavy atom. The molecule has 2 aromatic rings. The first-order valence-electron chi connectivity index (χ1n) is 11.1. The van der Waals surface area contributed by atoms with Crippen molar-refractivity contribution >= 4 is 17.6 Å². The van der Waals surface area contributed by atoms with Gasteiger partial charge in [-0.1, -0.05) is 35.9 Å². The van der Waals surface area contributed by atoms with Gasteiger partial charge in [0.1, 0.15) is 5.82 Å². The highest BCUT2D eigenvalue weighted by Gasteiger charge is 2.54. The van der Waals surface area contributed by atoms with Gasteiger partial charge in [0.15, 0.2) is 0 Å². The number of hydrogen-bond donors (Lipinski definition) is 0. The number of anilines is 1. The van der Waals surface area contributed by atoms with Crippen molar-refractivity contribution in [2.45, 2.75) is 26.2 Å². The maximum absolute atomic E-state index is 13.4. The van der Waals surface area contributed by atoms with E-state index in [1.807, 2.05) is 61.5 Å². The predicted octanol–water partition coefficient (Wildman–Crippen LogP) is 2.77. The Morgan fingerprint density at radius 1 is 1.13 bits per heavy atom. The van der Waals surface area contributed by atoms with E-state index >= 15 is 0 Å². The lowest BCUT2D eigenvalue weighted by molar-refractivity contribution is -0.142. The number of hydrogen-bond acceptors (Lipinski definition) is 4. The molecular weight excluding hydrogens is 388 g/mol. The summed E-state index contributed by atoms with van der Waals surface area (Å²) in [6.07, 6.45) is 3.84. The second-order valence-corrected chi connectivity index (χ2v) is 9.23. The molecule has 3 heterocycles. The fraction of sp³-hybridized carbons (Fsp3) is 0.480. The van der Waals surface area contributed by atoms with E-state index < -0.39 is 5.41 Å². The highest BCUT2D eigenvalue weighted by molar-refractivity contribution is 5.85. The van der Waals surface area contributed by atoms with Crippen LogP contribution in [0.4, 0.5) is 5.82 Å². The SMILES string of the molecule is Cc1ccc(CC(=O)N2CCC[C@]3(C(=O)N(C)C)CN(c4ccccn4)C[C@@H]3C2)cc1. The van der Waals surface area contributed by atoms with Crippen LogP contribution < -0.4 is 4.90 Å². The average Bonchev–Trinajstić information content (AvgIpc) is 3.04. The van der Waals surface area contributed by atoms with Crippen molar-refractivity contribution < 1.29 is 9.59 Å². The minimum Gasteiger partial charge on any atom is -0.355 e. The van der Waals surface area contributed by atoms with Crippen LogP contribution in [0.1, 0.15) is 24.0 Å². The number of carbonyl (C=O) groups is 2. The normalized spacial score (nSPS) is 23.3. The molecule has 0 radical (unpaired) electrons. The van der Waals surface area contributed by atoms with E-state index in [1.165, 1.54) is 5.56 Å². The van der Waals surface area contributed by atoms with E-state index in [2.05, 4.69) is 16.8 Å². The van der Waals surface area contributed by atoms with Crippen LogP contribution in [-0.4, -0.2) is 66.9 Å². The minimum absolute atomic E-state index is 0.0915. The zero-order chi connectivity index (χ0) is 22.0. The second-order valence-electron chi connectivity index (χ2n) is 9.23. The molecule has 0 bridgehead atoms. The van der Waals surface area contributed by atoms with Crippen LogP contribution in [0.2, 0.25) is 0 Å². The van der Waals surface area contributed by atoms with Crippen LogP contribution in [0.25, 0.3) is 0 Å². The summed E-state index contributed by atoms with van der Waals surface area (Å²) >= 11 is 0. The van der Waals surface area contributed by atoms with E-state index in [9.17, 15) is 9.59 Å². The summed E-state index contributed by atoms with van der Waals surface area (Å²) in [6, 6.07) is 14.0. The molecule has 164 valence electrons. The molecular formula is C25H32N4O2. The van der Waals surface area contributed by atoms with Crippen LogP contribution in [-0.2, 0) is 16.0 Å². The number of fused-ring (bicyclic) bond motifs is 1. The molecule has 2 saturated heterocycles. The van der Waals surface area contributed by atoms with Gasteiger partial charge in [-0.25, -0.2) is 4.98 Å². The fourth-order valence-electron chi connectivity index (χ4n) is 5.16. The number of likely N-dealkylation sites (tertiary alicyclic amines) is 1. The Labute approximate surface area is 184 Å². The lowest BCUT2D eigenvalue weighted by Crippen LogP contribution is -2.47. The molecule has 0 saturated carbocycles. The summed E-state index contributed by atoms with van der Waals surface area (Å²) in [5, 5.41) is 0. The van der Waals surface area contributed by atoms with Gasteiger partial charge in [0.05, 0.1) is 11.8 Å². The fourth-order valence-corrected chi connectivity index (χ4v) is 5.16. The van der Waals surface area contributed by atoms with Gasteiger partial charge in [-0.3, -0.25) is 9.59 Å². The molecule has 31 heavy (non-hydrogen) atoms. The van der Waals surface area contributed by atoms with E-state index in [0.29, 0.717) is 26.1 Å². The Balaban J connectivity index is 1.56. The van der Waals surface area contributed by atoms with Gasteiger partial charge in [0, 0.05) is 52.4 Å². The Hall–Kier alpha value is -2.89. The summed E-state index contributed by atoms with van der Waals surface area (Å²) in [5.41, 5.74) is 1.76. The van der Waals surface area contributed by atoms with Gasteiger partial charge in [0.2, 0.25) is 11.8 Å². The van der Waals surface area contributed by atoms with Gasteiger partial charge < -0.3 is 14.7 Å². The molecule has 0 unspecified atom stereocenters. The largest absolute Gasteiger partial charge is 0.355 e. The average molecular weight is 421 g/mol. The van der Waals surface area contributed by atoms with E-state index in [4.69, 9.17) is 0 Å². The molecule has 4 rings (SSSR count). The summed E-state index contributed by atoms with van der Waals surface area (Å²) in [4.78, 5) is 37.0. The van der Waals surface area contributed by atoms with Crippen LogP contribution in [0.5, 0.6) is 0 Å². The molecule has 6 nitrogen and oxygen atoms in total.